The molecule has 2 heterocycles. The average Bonchev–Trinajstić information content (AvgIpc) is 0.797. The van der Waals surface area contributed by atoms with E-state index in [1.165, 1.54) is 82.7 Å². The molecule has 29 heteroatoms. The van der Waals surface area contributed by atoms with E-state index in [1.807, 2.05) is 61.2 Å². The van der Waals surface area contributed by atoms with E-state index in [0.717, 1.165) is 9.80 Å². The second-order valence-corrected chi connectivity index (χ2v) is 34.9. The summed E-state index contributed by atoms with van der Waals surface area (Å²) >= 11 is 0. The Bertz CT molecular complexity index is 2660. The van der Waals surface area contributed by atoms with Gasteiger partial charge in [0.1, 0.15) is 79.5 Å². The summed E-state index contributed by atoms with van der Waals surface area (Å²) in [7, 11) is 5.83. The molecule has 2 saturated heterocycles. The van der Waals surface area contributed by atoms with E-state index >= 15 is 24.0 Å². The molecular formula is C69H128N12O16Si. The summed E-state index contributed by atoms with van der Waals surface area (Å²) in [4.78, 5) is 171. The lowest BCUT2D eigenvalue weighted by Gasteiger charge is -2.45. The molecule has 0 spiro atoms. The minimum Gasteiger partial charge on any atom is -0.633 e. The molecule has 0 aliphatic carbocycles. The van der Waals surface area contributed by atoms with Crippen molar-refractivity contribution in [3.05, 3.63) is 5.21 Å². The highest BCUT2D eigenvalue weighted by molar-refractivity contribution is 6.69. The van der Waals surface area contributed by atoms with Gasteiger partial charge in [0.05, 0.1) is 32.0 Å². The van der Waals surface area contributed by atoms with Gasteiger partial charge in [0.2, 0.25) is 65.0 Å². The fourth-order valence-corrected chi connectivity index (χ4v) is 13.8. The summed E-state index contributed by atoms with van der Waals surface area (Å²) in [6.07, 6.45) is -0.751. The number of nitrogens with zero attached hydrogens (tertiary/aromatic N) is 7. The number of nitrogens with one attached hydrogen (secondary N) is 5. The predicted octanol–water partition coefficient (Wildman–Crippen LogP) is 3.07. The lowest BCUT2D eigenvalue weighted by atomic mass is 9.91. The molecule has 0 radical (unpaired) electrons. The molecule has 0 aromatic carbocycles. The van der Waals surface area contributed by atoms with Crippen LogP contribution in [0.15, 0.2) is 0 Å². The number of ether oxygens (including phenoxy) is 2. The lowest BCUT2D eigenvalue weighted by Crippen LogP contribution is -2.65. The standard InChI is InChI=1S/C69H128N12O16Si/c1-26-50-65(89)75(17)48(15)64(88)79(21)56(49(16)96-34-28-27-30-81(94)31-35-95-36-32-81)62(86)74-54(43(8)9)68(92)76(18)52(38-41(4)5)61(85)71-46(13)59(83)70-47(14)60(84)73-51(37-40(2)3)66(90)77(19)53(39-42(6)7)67(91)78(20)55(44(10)11)69(93)80(22)57(63(87)72-50)58(45(12)29-33-82)97-98(23,24)25/h40-58,82H,26-39H2,1-25H3,(H,70,83)(H,71,85)(H,72,87)(H,73,84)(H,74,86)/t45-,46+,47-,48-,49-,50+,51+,52+,53+,54+,55+,56+,57+,58-/m1/s1. The first-order valence-corrected chi connectivity index (χ1v) is 38.9. The minimum atomic E-state index is -2.65. The highest BCUT2D eigenvalue weighted by Gasteiger charge is 2.47. The topological polar surface area (TPSA) is 338 Å². The van der Waals surface area contributed by atoms with Crippen LogP contribution in [0.3, 0.4) is 0 Å². The van der Waals surface area contributed by atoms with Gasteiger partial charge in [0, 0.05) is 55.5 Å². The molecule has 0 unspecified atom stereocenters. The molecule has 14 atom stereocenters. The van der Waals surface area contributed by atoms with Crippen molar-refractivity contribution in [2.45, 2.75) is 254 Å². The Morgan fingerprint density at radius 3 is 1.50 bits per heavy atom. The summed E-state index contributed by atoms with van der Waals surface area (Å²) in [5.74, 6) is -10.2. The first kappa shape index (κ1) is 88.2. The van der Waals surface area contributed by atoms with Gasteiger partial charge in [-0.05, 0) is 128 Å². The first-order chi connectivity index (χ1) is 45.3. The Morgan fingerprint density at radius 1 is 0.531 bits per heavy atom. The van der Waals surface area contributed by atoms with Crippen molar-refractivity contribution in [3.8, 4) is 0 Å². The van der Waals surface area contributed by atoms with Gasteiger partial charge in [-0.1, -0.05) is 83.1 Å². The molecule has 11 amide bonds. The third-order valence-electron chi connectivity index (χ3n) is 18.7. The average molecular weight is 1410 g/mol. The number of aliphatic hydroxyl groups is 1. The Morgan fingerprint density at radius 2 is 1.00 bits per heavy atom. The maximum atomic E-state index is 15.6. The molecule has 0 bridgehead atoms. The number of unbranched alkanes of at least 4 members (excludes halogenated alkanes) is 1. The number of quaternary nitrogens is 1. The molecule has 28 nitrogen and oxygen atoms in total. The Balaban J connectivity index is 3.06. The second-order valence-electron chi connectivity index (χ2n) is 30.4. The third kappa shape index (κ3) is 25.6. The van der Waals surface area contributed by atoms with Crippen LogP contribution < -0.4 is 26.6 Å². The van der Waals surface area contributed by atoms with Crippen molar-refractivity contribution in [1.82, 2.24) is 56.0 Å². The van der Waals surface area contributed by atoms with Crippen molar-refractivity contribution in [2.75, 3.05) is 88.3 Å². The summed E-state index contributed by atoms with van der Waals surface area (Å²) in [5.41, 5.74) is 0. The Hall–Kier alpha value is -5.85. The lowest BCUT2D eigenvalue weighted by molar-refractivity contribution is -0.888. The maximum Gasteiger partial charge on any atom is 0.246 e. The second kappa shape index (κ2) is 40.0. The fraction of sp³-hybridized carbons (Fsp3) is 0.841. The van der Waals surface area contributed by atoms with Crippen LogP contribution in [0, 0.1) is 40.7 Å². The number of carbonyl (C=O) groups excluding carboxylic acids is 11. The first-order valence-electron chi connectivity index (χ1n) is 35.5. The number of aliphatic hydroxyl groups excluding tert-OH is 1. The van der Waals surface area contributed by atoms with Gasteiger partial charge >= 0.3 is 0 Å². The van der Waals surface area contributed by atoms with Crippen LogP contribution in [-0.4, -0.2) is 279 Å². The van der Waals surface area contributed by atoms with Crippen LogP contribution in [0.4, 0.5) is 0 Å². The maximum absolute atomic E-state index is 15.6. The van der Waals surface area contributed by atoms with Crippen molar-refractivity contribution >= 4 is 73.3 Å². The molecule has 2 fully saturated rings. The van der Waals surface area contributed by atoms with Gasteiger partial charge < -0.3 is 84.8 Å². The third-order valence-corrected chi connectivity index (χ3v) is 19.7. The zero-order chi connectivity index (χ0) is 75.3. The van der Waals surface area contributed by atoms with E-state index in [9.17, 15) is 39.1 Å². The van der Waals surface area contributed by atoms with E-state index in [2.05, 4.69) is 26.6 Å². The quantitative estimate of drug-likeness (QED) is 0.0393. The number of hydrogen-bond donors (Lipinski definition) is 6. The molecular weight excluding hydrogens is 1280 g/mol. The SMILES string of the molecule is CC[C@@H]1NC(=O)[C@H]([C@H](O[Si](C)(C)C)[C@H](C)CCO)N(C)C(=O)[C@H](C(C)C)N(C)C(=O)[C@H](CC(C)C)N(C)C(=O)[C@H](CC(C)C)NC(=O)[C@@H](C)NC(=O)[C@H](C)NC(=O)[C@H](CC(C)C)N(C)C(=O)[C@H](C(C)C)NC(=O)[C@H]([C@@H](C)OCCCC[N+]2([O-])CCOCC2)N(C)C(=O)[C@@H](C)N(C)C1=O. The summed E-state index contributed by atoms with van der Waals surface area (Å²) in [5, 5.41) is 37.6. The van der Waals surface area contributed by atoms with Crippen molar-refractivity contribution < 1.29 is 76.4 Å². The van der Waals surface area contributed by atoms with Gasteiger partial charge in [-0.15, -0.1) is 0 Å². The van der Waals surface area contributed by atoms with Crippen LogP contribution in [0.1, 0.15) is 156 Å². The van der Waals surface area contributed by atoms with Crippen LogP contribution in [0.2, 0.25) is 19.6 Å². The van der Waals surface area contributed by atoms with Gasteiger partial charge in [-0.3, -0.25) is 52.7 Å². The number of carbonyl (C=O) groups is 11. The Labute approximate surface area is 586 Å². The number of hydrogen-bond acceptors (Lipinski definition) is 16. The van der Waals surface area contributed by atoms with E-state index in [1.54, 1.807) is 48.5 Å². The minimum absolute atomic E-state index is 0.0132. The van der Waals surface area contributed by atoms with Gasteiger partial charge in [-0.2, -0.15) is 0 Å². The van der Waals surface area contributed by atoms with E-state index in [-0.39, 0.29) is 63.1 Å². The Kier molecular flexibility index (Phi) is 36.0. The molecule has 0 aromatic rings. The monoisotopic (exact) mass is 1410 g/mol. The molecule has 6 N–H and O–H groups in total. The van der Waals surface area contributed by atoms with Crippen LogP contribution >= 0.6 is 0 Å². The van der Waals surface area contributed by atoms with Crippen molar-refractivity contribution in [1.29, 1.82) is 0 Å². The van der Waals surface area contributed by atoms with E-state index in [4.69, 9.17) is 13.9 Å². The van der Waals surface area contributed by atoms with Gasteiger partial charge in [0.25, 0.3) is 0 Å². The summed E-state index contributed by atoms with van der Waals surface area (Å²) < 4.78 is 18.1. The zero-order valence-electron chi connectivity index (χ0n) is 64.1. The van der Waals surface area contributed by atoms with Gasteiger partial charge in [-0.25, -0.2) is 0 Å². The smallest absolute Gasteiger partial charge is 0.246 e. The zero-order valence-corrected chi connectivity index (χ0v) is 65.1. The summed E-state index contributed by atoms with van der Waals surface area (Å²) in [6, 6.07) is -14.3. The van der Waals surface area contributed by atoms with Crippen LogP contribution in [0.5, 0.6) is 0 Å². The van der Waals surface area contributed by atoms with Crippen molar-refractivity contribution in [2.24, 2.45) is 35.5 Å². The molecule has 0 aromatic heterocycles. The largest absolute Gasteiger partial charge is 0.633 e. The molecule has 0 saturated carbocycles. The van der Waals surface area contributed by atoms with Crippen LogP contribution in [0.25, 0.3) is 0 Å². The van der Waals surface area contributed by atoms with Gasteiger partial charge in [0.15, 0.2) is 8.32 Å². The number of amides is 11. The predicted molar refractivity (Wildman–Crippen MR) is 377 cm³/mol. The number of rotatable bonds is 22. The van der Waals surface area contributed by atoms with E-state index < -0.39 is 174 Å². The highest BCUT2D eigenvalue weighted by Crippen LogP contribution is 2.28. The molecule has 564 valence electrons. The summed E-state index contributed by atoms with van der Waals surface area (Å²) in [6.45, 7) is 34.5. The molecule has 2 aliphatic rings. The van der Waals surface area contributed by atoms with E-state index in [0.29, 0.717) is 45.7 Å². The number of morpholine rings is 1. The normalized spacial score (nSPS) is 27.4. The van der Waals surface area contributed by atoms with Crippen molar-refractivity contribution in [3.63, 3.8) is 0 Å². The molecule has 2 aliphatic heterocycles. The highest BCUT2D eigenvalue weighted by atomic mass is 28.4. The molecule has 2 rings (SSSR count). The number of likely N-dealkylation sites (N-methyl/N-ethyl adjacent to an activating group) is 6. The van der Waals surface area contributed by atoms with Crippen LogP contribution in [-0.2, 0) is 66.6 Å². The fourth-order valence-electron chi connectivity index (χ4n) is 12.6. The molecule has 98 heavy (non-hydrogen) atoms. The number of hydroxylamine groups is 3.